The number of hydrogen-bond acceptors (Lipinski definition) is 1. The molecule has 0 unspecified atom stereocenters. The molecule has 0 aliphatic carbocycles. The van der Waals surface area contributed by atoms with Crippen LogP contribution in [0.2, 0.25) is 0 Å². The smallest absolute Gasteiger partial charge is 0.129 e. The molecule has 49 heavy (non-hydrogen) atoms. The Morgan fingerprint density at radius 2 is 0.816 bits per heavy atom. The molecule has 0 amide bonds. The first-order chi connectivity index (χ1) is 23.4. The molecule has 0 saturated heterocycles. The van der Waals surface area contributed by atoms with Gasteiger partial charge >= 0.3 is 0 Å². The monoisotopic (exact) mass is 663 g/mol. The van der Waals surface area contributed by atoms with E-state index in [-0.39, 0.29) is 0 Å². The zero-order chi connectivity index (χ0) is 36.2. The Kier molecular flexibility index (Phi) is 19.8. The summed E-state index contributed by atoms with van der Waals surface area (Å²) in [5, 5.41) is 2.51. The Morgan fingerprint density at radius 3 is 1.18 bits per heavy atom. The molecule has 2 aromatic carbocycles. The van der Waals surface area contributed by atoms with Crippen LogP contribution in [0.4, 0.5) is 0 Å². The molecule has 2 aromatic rings. The van der Waals surface area contributed by atoms with Crippen molar-refractivity contribution in [2.24, 2.45) is 0 Å². The molecule has 0 aliphatic rings. The number of aryl methyl sites for hydroxylation is 1. The van der Waals surface area contributed by atoms with Crippen LogP contribution in [0.1, 0.15) is 149 Å². The fourth-order valence-corrected chi connectivity index (χ4v) is 6.57. The summed E-state index contributed by atoms with van der Waals surface area (Å²) in [5.41, 5.74) is 14.5. The normalized spacial score (nSPS) is 13.8. The highest BCUT2D eigenvalue weighted by Crippen LogP contribution is 2.36. The summed E-state index contributed by atoms with van der Waals surface area (Å²) in [6.45, 7) is 22.6. The van der Waals surface area contributed by atoms with Gasteiger partial charge < -0.3 is 4.74 Å². The maximum atomic E-state index is 5.83. The lowest BCUT2D eigenvalue weighted by atomic mass is 9.92. The van der Waals surface area contributed by atoms with Crippen molar-refractivity contribution in [1.29, 1.82) is 0 Å². The highest BCUT2D eigenvalue weighted by atomic mass is 16.5. The van der Waals surface area contributed by atoms with Gasteiger partial charge in [0.05, 0.1) is 7.11 Å². The van der Waals surface area contributed by atoms with Crippen LogP contribution >= 0.6 is 0 Å². The van der Waals surface area contributed by atoms with Gasteiger partial charge in [0.25, 0.3) is 0 Å². The first-order valence-electron chi connectivity index (χ1n) is 19.0. The second-order valence-electron chi connectivity index (χ2n) is 14.8. The number of benzene rings is 2. The van der Waals surface area contributed by atoms with Gasteiger partial charge in [-0.3, -0.25) is 0 Å². The minimum Gasteiger partial charge on any atom is -0.496 e. The predicted molar refractivity (Wildman–Crippen MR) is 221 cm³/mol. The molecule has 0 aliphatic heterocycles. The molecule has 0 heterocycles. The lowest BCUT2D eigenvalue weighted by molar-refractivity contribution is 0.416. The van der Waals surface area contributed by atoms with Crippen molar-refractivity contribution < 1.29 is 4.74 Å². The van der Waals surface area contributed by atoms with Crippen LogP contribution in [-0.4, -0.2) is 7.11 Å². The second kappa shape index (κ2) is 23.2. The van der Waals surface area contributed by atoms with Crippen molar-refractivity contribution in [3.63, 3.8) is 0 Å². The number of ether oxygens (including phenoxy) is 1. The first-order valence-corrected chi connectivity index (χ1v) is 19.0. The minimum absolute atomic E-state index is 0.957. The van der Waals surface area contributed by atoms with Crippen molar-refractivity contribution in [3.8, 4) is 5.75 Å². The lowest BCUT2D eigenvalue weighted by Crippen LogP contribution is -1.99. The molecule has 0 fully saturated rings. The molecule has 0 N–H and O–H groups in total. The molecule has 0 radical (unpaired) electrons. The van der Waals surface area contributed by atoms with E-state index in [9.17, 15) is 0 Å². The molecule has 2 rings (SSSR count). The highest BCUT2D eigenvalue weighted by molar-refractivity contribution is 5.93. The average Bonchev–Trinajstić information content (AvgIpc) is 3.04. The third kappa shape index (κ3) is 16.3. The first kappa shape index (κ1) is 41.8. The van der Waals surface area contributed by atoms with Crippen molar-refractivity contribution in [2.45, 2.75) is 153 Å². The Balaban J connectivity index is 1.69. The van der Waals surface area contributed by atoms with Gasteiger partial charge in [0.15, 0.2) is 0 Å². The van der Waals surface area contributed by atoms with Crippen LogP contribution in [0.3, 0.4) is 0 Å². The molecule has 268 valence electrons. The number of fused-ring (bicyclic) bond motifs is 1. The summed E-state index contributed by atoms with van der Waals surface area (Å²) >= 11 is 0. The van der Waals surface area contributed by atoms with Crippen molar-refractivity contribution >= 4 is 10.8 Å². The zero-order valence-corrected chi connectivity index (χ0v) is 33.5. The van der Waals surface area contributed by atoms with Gasteiger partial charge in [-0.15, -0.1) is 0 Å². The SMILES string of the molecule is COc1c(C)c(CC=C(C)CCC=C(C)CCC=C(C)CCC=C(C)CCC=C(C)CCC=C(C)CCC=C(C)C)c(C)c2ccccc12. The van der Waals surface area contributed by atoms with E-state index in [0.717, 1.165) is 50.7 Å². The van der Waals surface area contributed by atoms with Gasteiger partial charge in [0.1, 0.15) is 5.75 Å². The number of hydrogen-bond donors (Lipinski definition) is 0. The van der Waals surface area contributed by atoms with Gasteiger partial charge in [-0.25, -0.2) is 0 Å². The van der Waals surface area contributed by atoms with Crippen LogP contribution in [-0.2, 0) is 6.42 Å². The third-order valence-corrected chi connectivity index (χ3v) is 9.93. The van der Waals surface area contributed by atoms with E-state index in [4.69, 9.17) is 4.74 Å². The van der Waals surface area contributed by atoms with Crippen LogP contribution in [0.5, 0.6) is 5.75 Å². The molecular weight excluding hydrogens is 593 g/mol. The number of allylic oxidation sites excluding steroid dienone is 14. The van der Waals surface area contributed by atoms with E-state index in [2.05, 4.69) is 136 Å². The summed E-state index contributed by atoms with van der Waals surface area (Å²) in [5.74, 6) is 1.02. The predicted octanol–water partition coefficient (Wildman–Crippen LogP) is 15.3. The van der Waals surface area contributed by atoms with E-state index in [0.29, 0.717) is 0 Å². The Morgan fingerprint density at radius 1 is 0.469 bits per heavy atom. The Labute approximate surface area is 302 Å². The van der Waals surface area contributed by atoms with Gasteiger partial charge in [-0.05, 0) is 175 Å². The summed E-state index contributed by atoms with van der Waals surface area (Å²) in [7, 11) is 1.79. The fourth-order valence-electron chi connectivity index (χ4n) is 6.57. The van der Waals surface area contributed by atoms with Crippen LogP contribution < -0.4 is 4.74 Å². The Hall–Kier alpha value is -3.32. The van der Waals surface area contributed by atoms with Crippen molar-refractivity contribution in [3.05, 3.63) is 122 Å². The third-order valence-electron chi connectivity index (χ3n) is 9.93. The number of methoxy groups -OCH3 is 1. The minimum atomic E-state index is 0.957. The Bertz CT molecular complexity index is 1540. The summed E-state index contributed by atoms with van der Waals surface area (Å²) < 4.78 is 5.83. The van der Waals surface area contributed by atoms with Crippen molar-refractivity contribution in [2.75, 3.05) is 7.11 Å². The second-order valence-corrected chi connectivity index (χ2v) is 14.8. The lowest BCUT2D eigenvalue weighted by Gasteiger charge is -2.17. The van der Waals surface area contributed by atoms with E-state index < -0.39 is 0 Å². The molecule has 0 saturated carbocycles. The maximum Gasteiger partial charge on any atom is 0.129 e. The topological polar surface area (TPSA) is 9.23 Å². The quantitative estimate of drug-likeness (QED) is 0.121. The van der Waals surface area contributed by atoms with Crippen molar-refractivity contribution in [1.82, 2.24) is 0 Å². The van der Waals surface area contributed by atoms with E-state index in [1.54, 1.807) is 7.11 Å². The maximum absolute atomic E-state index is 5.83. The highest BCUT2D eigenvalue weighted by Gasteiger charge is 2.14. The standard InChI is InChI=1S/C48H70O/c1-36(2)20-14-21-37(3)22-15-23-38(4)24-16-25-39(5)26-17-27-40(6)28-18-29-41(7)30-19-31-42(8)34-35-45-43(9)46-32-12-13-33-47(46)48(49-11)44(45)10/h12-13,20,22,24,26,28,30,32-34H,14-19,21,23,25,27,29,31,35H2,1-11H3. The van der Waals surface area contributed by atoms with Crippen LogP contribution in [0.25, 0.3) is 10.8 Å². The van der Waals surface area contributed by atoms with Gasteiger partial charge in [-0.2, -0.15) is 0 Å². The molecule has 0 spiro atoms. The molecule has 0 aromatic heterocycles. The summed E-state index contributed by atoms with van der Waals surface area (Å²) in [6, 6.07) is 8.60. The van der Waals surface area contributed by atoms with E-state index in [1.165, 1.54) is 105 Å². The van der Waals surface area contributed by atoms with Gasteiger partial charge in [0.2, 0.25) is 0 Å². The molecule has 0 atom stereocenters. The molecule has 1 heteroatoms. The molecule has 0 bridgehead atoms. The van der Waals surface area contributed by atoms with E-state index >= 15 is 0 Å². The fraction of sp³-hybridized carbons (Fsp3) is 0.500. The summed E-state index contributed by atoms with van der Waals surface area (Å²) in [6.07, 6.45) is 31.8. The van der Waals surface area contributed by atoms with E-state index in [1.807, 2.05) is 0 Å². The van der Waals surface area contributed by atoms with Gasteiger partial charge in [-0.1, -0.05) is 106 Å². The van der Waals surface area contributed by atoms with Gasteiger partial charge in [0, 0.05) is 5.39 Å². The number of rotatable bonds is 21. The van der Waals surface area contributed by atoms with Crippen LogP contribution in [0, 0.1) is 13.8 Å². The van der Waals surface area contributed by atoms with Crippen LogP contribution in [0.15, 0.2) is 106 Å². The summed E-state index contributed by atoms with van der Waals surface area (Å²) in [4.78, 5) is 0. The zero-order valence-electron chi connectivity index (χ0n) is 33.5. The molecule has 1 nitrogen and oxygen atoms in total. The largest absolute Gasteiger partial charge is 0.496 e. The molecular formula is C48H70O. The average molecular weight is 663 g/mol.